The van der Waals surface area contributed by atoms with Crippen molar-refractivity contribution < 1.29 is 18.0 Å². The van der Waals surface area contributed by atoms with Gasteiger partial charge in [-0.15, -0.1) is 0 Å². The van der Waals surface area contributed by atoms with E-state index < -0.39 is 24.0 Å². The zero-order valence-corrected chi connectivity index (χ0v) is 18.5. The van der Waals surface area contributed by atoms with Crippen molar-refractivity contribution in [3.63, 3.8) is 0 Å². The standard InChI is InChI=1S/C24H29F3N4O/c1-23(2)18-7-5-4-6-14(18)12-20(23)30-17-8-9-19(29-13-17)21(24(25,26)27)31(3)22(32)15-10-16(28)11-15/h4-9,13,15-16,20-21,30H,10-12,28H2,1-3H3/t15?,16?,20-,21+/m1/s1. The van der Waals surface area contributed by atoms with Gasteiger partial charge in [0.25, 0.3) is 0 Å². The van der Waals surface area contributed by atoms with E-state index in [1.807, 2.05) is 12.1 Å². The van der Waals surface area contributed by atoms with Crippen molar-refractivity contribution in [2.24, 2.45) is 11.7 Å². The van der Waals surface area contributed by atoms with Crippen LogP contribution in [0.3, 0.4) is 0 Å². The van der Waals surface area contributed by atoms with E-state index in [0.29, 0.717) is 18.5 Å². The van der Waals surface area contributed by atoms with Crippen LogP contribution in [-0.2, 0) is 16.6 Å². The monoisotopic (exact) mass is 446 g/mol. The summed E-state index contributed by atoms with van der Waals surface area (Å²) < 4.78 is 41.7. The summed E-state index contributed by atoms with van der Waals surface area (Å²) in [4.78, 5) is 17.4. The number of aromatic nitrogens is 1. The van der Waals surface area contributed by atoms with Crippen LogP contribution in [0.15, 0.2) is 42.6 Å². The lowest BCUT2D eigenvalue weighted by molar-refractivity contribution is -0.192. The first kappa shape index (κ1) is 22.6. The number of alkyl halides is 3. The second-order valence-corrected chi connectivity index (χ2v) is 9.57. The zero-order chi connectivity index (χ0) is 23.3. The Balaban J connectivity index is 1.51. The van der Waals surface area contributed by atoms with Crippen LogP contribution >= 0.6 is 0 Å². The zero-order valence-electron chi connectivity index (χ0n) is 18.5. The molecule has 2 aliphatic carbocycles. The third-order valence-corrected chi connectivity index (χ3v) is 6.98. The van der Waals surface area contributed by atoms with E-state index in [4.69, 9.17) is 5.73 Å². The molecule has 2 atom stereocenters. The number of carbonyl (C=O) groups excluding carboxylic acids is 1. The molecule has 1 fully saturated rings. The maximum atomic E-state index is 13.9. The number of fused-ring (bicyclic) bond motifs is 1. The fourth-order valence-electron chi connectivity index (χ4n) is 4.94. The second-order valence-electron chi connectivity index (χ2n) is 9.57. The molecule has 1 aromatic heterocycles. The summed E-state index contributed by atoms with van der Waals surface area (Å²) in [7, 11) is 1.19. The van der Waals surface area contributed by atoms with Crippen LogP contribution < -0.4 is 11.1 Å². The van der Waals surface area contributed by atoms with E-state index in [2.05, 4.69) is 36.3 Å². The van der Waals surface area contributed by atoms with Crippen LogP contribution in [-0.4, -0.2) is 41.1 Å². The number of hydrogen-bond acceptors (Lipinski definition) is 4. The first-order valence-corrected chi connectivity index (χ1v) is 10.9. The maximum absolute atomic E-state index is 13.9. The maximum Gasteiger partial charge on any atom is 0.414 e. The molecule has 1 amide bonds. The topological polar surface area (TPSA) is 71.2 Å². The van der Waals surface area contributed by atoms with Crippen LogP contribution in [0.25, 0.3) is 0 Å². The summed E-state index contributed by atoms with van der Waals surface area (Å²) in [6, 6.07) is 9.11. The number of carbonyl (C=O) groups is 1. The summed E-state index contributed by atoms with van der Waals surface area (Å²) in [6.07, 6.45) is -1.54. The molecule has 172 valence electrons. The summed E-state index contributed by atoms with van der Waals surface area (Å²) in [5.74, 6) is -0.990. The molecule has 3 N–H and O–H groups in total. The molecular formula is C24H29F3N4O. The first-order valence-electron chi connectivity index (χ1n) is 10.9. The number of rotatable bonds is 5. The molecule has 8 heteroatoms. The smallest absolute Gasteiger partial charge is 0.380 e. The molecule has 0 radical (unpaired) electrons. The molecule has 0 saturated heterocycles. The molecule has 5 nitrogen and oxygen atoms in total. The molecule has 2 aromatic rings. The molecule has 0 bridgehead atoms. The Morgan fingerprint density at radius 3 is 2.47 bits per heavy atom. The fourth-order valence-corrected chi connectivity index (χ4v) is 4.94. The normalized spacial score (nSPS) is 24.9. The number of hydrogen-bond donors (Lipinski definition) is 2. The molecule has 0 spiro atoms. The van der Waals surface area contributed by atoms with Gasteiger partial charge in [-0.3, -0.25) is 9.78 Å². The predicted molar refractivity (Wildman–Crippen MR) is 117 cm³/mol. The first-order chi connectivity index (χ1) is 15.0. The minimum absolute atomic E-state index is 0.0954. The Bertz CT molecular complexity index is 983. The van der Waals surface area contributed by atoms with Gasteiger partial charge in [-0.25, -0.2) is 0 Å². The largest absolute Gasteiger partial charge is 0.414 e. The highest BCUT2D eigenvalue weighted by molar-refractivity contribution is 5.80. The second kappa shape index (κ2) is 8.06. The van der Waals surface area contributed by atoms with Gasteiger partial charge in [0, 0.05) is 30.5 Å². The van der Waals surface area contributed by atoms with E-state index in [1.165, 1.54) is 30.4 Å². The van der Waals surface area contributed by atoms with E-state index in [-0.39, 0.29) is 23.2 Å². The van der Waals surface area contributed by atoms with Crippen LogP contribution in [0.5, 0.6) is 0 Å². The van der Waals surface area contributed by atoms with Crippen molar-refractivity contribution in [1.29, 1.82) is 0 Å². The van der Waals surface area contributed by atoms with Gasteiger partial charge < -0.3 is 16.0 Å². The van der Waals surface area contributed by atoms with Crippen LogP contribution in [0.2, 0.25) is 0 Å². The predicted octanol–water partition coefficient (Wildman–Crippen LogP) is 4.20. The lowest BCUT2D eigenvalue weighted by atomic mass is 9.80. The van der Waals surface area contributed by atoms with E-state index in [9.17, 15) is 18.0 Å². The Morgan fingerprint density at radius 1 is 1.22 bits per heavy atom. The van der Waals surface area contributed by atoms with Crippen molar-refractivity contribution in [1.82, 2.24) is 9.88 Å². The molecule has 4 rings (SSSR count). The van der Waals surface area contributed by atoms with Crippen molar-refractivity contribution in [2.75, 3.05) is 12.4 Å². The number of nitrogens with two attached hydrogens (primary N) is 1. The molecule has 0 unspecified atom stereocenters. The molecule has 1 heterocycles. The minimum atomic E-state index is -4.63. The number of nitrogens with one attached hydrogen (secondary N) is 1. The van der Waals surface area contributed by atoms with E-state index >= 15 is 0 Å². The number of benzene rings is 1. The van der Waals surface area contributed by atoms with Gasteiger partial charge in [0.2, 0.25) is 5.91 Å². The Morgan fingerprint density at radius 2 is 1.91 bits per heavy atom. The van der Waals surface area contributed by atoms with Crippen LogP contribution in [0, 0.1) is 5.92 Å². The highest BCUT2D eigenvalue weighted by Crippen LogP contribution is 2.41. The third-order valence-electron chi connectivity index (χ3n) is 6.98. The van der Waals surface area contributed by atoms with Crippen molar-refractivity contribution in [2.45, 2.75) is 62.8 Å². The highest BCUT2D eigenvalue weighted by Gasteiger charge is 2.48. The molecule has 1 aromatic carbocycles. The minimum Gasteiger partial charge on any atom is -0.380 e. The summed E-state index contributed by atoms with van der Waals surface area (Å²) in [5.41, 5.74) is 8.57. The van der Waals surface area contributed by atoms with Crippen molar-refractivity contribution in [3.05, 3.63) is 59.4 Å². The van der Waals surface area contributed by atoms with Gasteiger partial charge in [-0.1, -0.05) is 38.1 Å². The van der Waals surface area contributed by atoms with Crippen molar-refractivity contribution >= 4 is 11.6 Å². The van der Waals surface area contributed by atoms with Crippen LogP contribution in [0.1, 0.15) is 49.6 Å². The number of nitrogens with zero attached hydrogens (tertiary/aromatic N) is 2. The molecular weight excluding hydrogens is 417 g/mol. The lowest BCUT2D eigenvalue weighted by Gasteiger charge is -2.37. The van der Waals surface area contributed by atoms with Gasteiger partial charge in [-0.05, 0) is 42.5 Å². The molecule has 1 saturated carbocycles. The summed E-state index contributed by atoms with van der Waals surface area (Å²) in [6.45, 7) is 4.32. The van der Waals surface area contributed by atoms with Crippen LogP contribution in [0.4, 0.5) is 18.9 Å². The average molecular weight is 447 g/mol. The van der Waals surface area contributed by atoms with E-state index in [0.717, 1.165) is 11.3 Å². The number of amides is 1. The van der Waals surface area contributed by atoms with Gasteiger partial charge >= 0.3 is 6.18 Å². The quantitative estimate of drug-likeness (QED) is 0.722. The Hall–Kier alpha value is -2.61. The fraction of sp³-hybridized carbons (Fsp3) is 0.500. The molecule has 0 aliphatic heterocycles. The number of halogens is 3. The van der Waals surface area contributed by atoms with Crippen molar-refractivity contribution in [3.8, 4) is 0 Å². The van der Waals surface area contributed by atoms with Gasteiger partial charge in [0.05, 0.1) is 17.6 Å². The summed E-state index contributed by atoms with van der Waals surface area (Å²) in [5, 5.41) is 3.44. The van der Waals surface area contributed by atoms with E-state index in [1.54, 1.807) is 6.07 Å². The molecule has 2 aliphatic rings. The third kappa shape index (κ3) is 4.08. The Labute approximate surface area is 186 Å². The highest BCUT2D eigenvalue weighted by atomic mass is 19.4. The summed E-state index contributed by atoms with van der Waals surface area (Å²) >= 11 is 0. The number of pyridine rings is 1. The van der Waals surface area contributed by atoms with Gasteiger partial charge in [0.15, 0.2) is 6.04 Å². The lowest BCUT2D eigenvalue weighted by Crippen LogP contribution is -2.49. The molecule has 32 heavy (non-hydrogen) atoms. The SMILES string of the molecule is CN(C(=O)C1CC(N)C1)[C@@H](c1ccc(N[C@@H]2Cc3ccccc3C2(C)C)cn1)C(F)(F)F. The van der Waals surface area contributed by atoms with Gasteiger partial charge in [0.1, 0.15) is 0 Å². The average Bonchev–Trinajstić information content (AvgIpc) is 2.95. The van der Waals surface area contributed by atoms with Gasteiger partial charge in [-0.2, -0.15) is 13.2 Å². The Kier molecular flexibility index (Phi) is 5.69. The number of anilines is 1.